The Morgan fingerprint density at radius 2 is 1.76 bits per heavy atom. The summed E-state index contributed by atoms with van der Waals surface area (Å²) < 4.78 is 0. The van der Waals surface area contributed by atoms with E-state index >= 15 is 0 Å². The van der Waals surface area contributed by atoms with E-state index in [1.165, 1.54) is 0 Å². The zero-order valence-electron chi connectivity index (χ0n) is 12.4. The van der Waals surface area contributed by atoms with Crippen molar-refractivity contribution in [2.45, 2.75) is 6.92 Å². The number of piperazine rings is 1. The lowest BCUT2D eigenvalue weighted by Gasteiger charge is -2.33. The van der Waals surface area contributed by atoms with Gasteiger partial charge in [-0.1, -0.05) is 18.5 Å². The molecular weight excluding hydrogens is 288 g/mol. The van der Waals surface area contributed by atoms with Crippen LogP contribution < -0.4 is 10.6 Å². The Bertz CT molecular complexity index is 443. The number of nitrogens with zero attached hydrogens (tertiary/aromatic N) is 2. The van der Waals surface area contributed by atoms with Crippen molar-refractivity contribution < 1.29 is 4.79 Å². The first-order chi connectivity index (χ1) is 10.2. The molecule has 0 atom stereocenters. The number of likely N-dealkylation sites (N-methyl/N-ethyl adjacent to an activating group) is 1. The third-order valence-electron chi connectivity index (χ3n) is 3.73. The van der Waals surface area contributed by atoms with Gasteiger partial charge in [0.15, 0.2) is 0 Å². The summed E-state index contributed by atoms with van der Waals surface area (Å²) in [4.78, 5) is 16.6. The molecule has 1 fully saturated rings. The fourth-order valence-corrected chi connectivity index (χ4v) is 2.49. The van der Waals surface area contributed by atoms with E-state index in [0.29, 0.717) is 11.6 Å². The van der Waals surface area contributed by atoms with Crippen molar-refractivity contribution in [1.29, 1.82) is 0 Å². The maximum Gasteiger partial charge on any atom is 0.319 e. The quantitative estimate of drug-likeness (QED) is 0.875. The van der Waals surface area contributed by atoms with Crippen LogP contribution in [0.1, 0.15) is 6.92 Å². The van der Waals surface area contributed by atoms with Crippen molar-refractivity contribution in [3.63, 3.8) is 0 Å². The zero-order valence-corrected chi connectivity index (χ0v) is 13.2. The molecule has 2 rings (SSSR count). The van der Waals surface area contributed by atoms with Crippen molar-refractivity contribution in [1.82, 2.24) is 15.1 Å². The van der Waals surface area contributed by atoms with Crippen LogP contribution in [0.3, 0.4) is 0 Å². The molecular formula is C15H23ClN4O. The molecule has 1 saturated heterocycles. The van der Waals surface area contributed by atoms with Crippen LogP contribution in [0.15, 0.2) is 24.3 Å². The number of carbonyl (C=O) groups is 1. The molecule has 21 heavy (non-hydrogen) atoms. The molecule has 2 N–H and O–H groups in total. The number of hydrogen-bond donors (Lipinski definition) is 2. The van der Waals surface area contributed by atoms with E-state index in [2.05, 4.69) is 27.4 Å². The Hall–Kier alpha value is -1.30. The standard InChI is InChI=1S/C15H23ClN4O/c1-2-19-9-11-20(12-10-19)8-7-17-15(21)18-14-5-3-13(16)4-6-14/h3-6H,2,7-12H2,1H3,(H2,17,18,21). The first-order valence-corrected chi connectivity index (χ1v) is 7.80. The van der Waals surface area contributed by atoms with Gasteiger partial charge in [-0.05, 0) is 30.8 Å². The minimum absolute atomic E-state index is 0.176. The van der Waals surface area contributed by atoms with Gasteiger partial charge in [-0.3, -0.25) is 4.90 Å². The Balaban J connectivity index is 1.62. The topological polar surface area (TPSA) is 47.6 Å². The van der Waals surface area contributed by atoms with Gasteiger partial charge in [-0.15, -0.1) is 0 Å². The van der Waals surface area contributed by atoms with Gasteiger partial charge >= 0.3 is 6.03 Å². The first kappa shape index (κ1) is 16.1. The van der Waals surface area contributed by atoms with Gasteiger partial charge in [0.05, 0.1) is 0 Å². The highest BCUT2D eigenvalue weighted by Crippen LogP contribution is 2.12. The smallest absolute Gasteiger partial charge is 0.319 e. The summed E-state index contributed by atoms with van der Waals surface area (Å²) in [6.45, 7) is 9.26. The van der Waals surface area contributed by atoms with Crippen LogP contribution in [-0.2, 0) is 0 Å². The van der Waals surface area contributed by atoms with Crippen molar-refractivity contribution in [3.8, 4) is 0 Å². The predicted octanol–water partition coefficient (Wildman–Crippen LogP) is 2.10. The number of amides is 2. The van der Waals surface area contributed by atoms with Crippen molar-refractivity contribution >= 4 is 23.3 Å². The summed E-state index contributed by atoms with van der Waals surface area (Å²) in [7, 11) is 0. The van der Waals surface area contributed by atoms with Crippen LogP contribution in [0.2, 0.25) is 5.02 Å². The molecule has 2 amide bonds. The predicted molar refractivity (Wildman–Crippen MR) is 87.0 cm³/mol. The van der Waals surface area contributed by atoms with E-state index in [-0.39, 0.29) is 6.03 Å². The van der Waals surface area contributed by atoms with Gasteiger partial charge in [-0.25, -0.2) is 4.79 Å². The third-order valence-corrected chi connectivity index (χ3v) is 3.98. The second-order valence-corrected chi connectivity index (χ2v) is 5.60. The number of benzene rings is 1. The van der Waals surface area contributed by atoms with Gasteiger partial charge in [0.2, 0.25) is 0 Å². The molecule has 0 radical (unpaired) electrons. The van der Waals surface area contributed by atoms with Crippen LogP contribution in [0.5, 0.6) is 0 Å². The largest absolute Gasteiger partial charge is 0.337 e. The zero-order chi connectivity index (χ0) is 15.1. The fourth-order valence-electron chi connectivity index (χ4n) is 2.37. The Morgan fingerprint density at radius 3 is 2.38 bits per heavy atom. The average Bonchev–Trinajstić information content (AvgIpc) is 2.50. The summed E-state index contributed by atoms with van der Waals surface area (Å²) in [5, 5.41) is 6.33. The summed E-state index contributed by atoms with van der Waals surface area (Å²) in [5.74, 6) is 0. The van der Waals surface area contributed by atoms with Crippen LogP contribution in [0, 0.1) is 0 Å². The molecule has 5 nitrogen and oxygen atoms in total. The second-order valence-electron chi connectivity index (χ2n) is 5.16. The van der Waals surface area contributed by atoms with E-state index in [4.69, 9.17) is 11.6 Å². The molecule has 1 aromatic rings. The maximum atomic E-state index is 11.8. The summed E-state index contributed by atoms with van der Waals surface area (Å²) in [6.07, 6.45) is 0. The lowest BCUT2D eigenvalue weighted by molar-refractivity contribution is 0.138. The number of carbonyl (C=O) groups excluding carboxylic acids is 1. The third kappa shape index (κ3) is 5.53. The maximum absolute atomic E-state index is 11.8. The Kier molecular flexibility index (Phi) is 6.29. The number of anilines is 1. The van der Waals surface area contributed by atoms with Gasteiger partial charge in [0.25, 0.3) is 0 Å². The van der Waals surface area contributed by atoms with Gasteiger partial charge in [-0.2, -0.15) is 0 Å². The van der Waals surface area contributed by atoms with Crippen LogP contribution in [-0.4, -0.2) is 61.6 Å². The molecule has 0 aliphatic carbocycles. The summed E-state index contributed by atoms with van der Waals surface area (Å²) in [6, 6.07) is 6.90. The molecule has 0 aromatic heterocycles. The lowest BCUT2D eigenvalue weighted by Crippen LogP contribution is -2.48. The SMILES string of the molecule is CCN1CCN(CCNC(=O)Nc2ccc(Cl)cc2)CC1. The minimum Gasteiger partial charge on any atom is -0.337 e. The number of urea groups is 1. The molecule has 0 saturated carbocycles. The average molecular weight is 311 g/mol. The van der Waals surface area contributed by atoms with E-state index in [1.54, 1.807) is 24.3 Å². The normalized spacial score (nSPS) is 16.7. The van der Waals surface area contributed by atoms with Crippen molar-refractivity contribution in [3.05, 3.63) is 29.3 Å². The fraction of sp³-hybridized carbons (Fsp3) is 0.533. The van der Waals surface area contributed by atoms with Crippen LogP contribution in [0.4, 0.5) is 10.5 Å². The van der Waals surface area contributed by atoms with Crippen molar-refractivity contribution in [2.24, 2.45) is 0 Å². The Labute approximate surface area is 131 Å². The molecule has 1 aliphatic heterocycles. The number of rotatable bonds is 5. The molecule has 1 aliphatic rings. The highest BCUT2D eigenvalue weighted by atomic mass is 35.5. The Morgan fingerprint density at radius 1 is 1.14 bits per heavy atom. The summed E-state index contributed by atoms with van der Waals surface area (Å²) >= 11 is 5.80. The lowest BCUT2D eigenvalue weighted by atomic mass is 10.3. The monoisotopic (exact) mass is 310 g/mol. The summed E-state index contributed by atoms with van der Waals surface area (Å²) in [5.41, 5.74) is 0.744. The van der Waals surface area contributed by atoms with Crippen molar-refractivity contribution in [2.75, 3.05) is 51.1 Å². The first-order valence-electron chi connectivity index (χ1n) is 7.42. The molecule has 1 aromatic carbocycles. The van der Waals surface area contributed by atoms with E-state index < -0.39 is 0 Å². The van der Waals surface area contributed by atoms with E-state index in [1.807, 2.05) is 0 Å². The molecule has 1 heterocycles. The molecule has 6 heteroatoms. The molecule has 116 valence electrons. The highest BCUT2D eigenvalue weighted by molar-refractivity contribution is 6.30. The van der Waals surface area contributed by atoms with E-state index in [0.717, 1.165) is 45.0 Å². The van der Waals surface area contributed by atoms with E-state index in [9.17, 15) is 4.79 Å². The minimum atomic E-state index is -0.176. The van der Waals surface area contributed by atoms with Gasteiger partial charge in [0.1, 0.15) is 0 Å². The number of hydrogen-bond acceptors (Lipinski definition) is 3. The van der Waals surface area contributed by atoms with Gasteiger partial charge < -0.3 is 15.5 Å². The number of halogens is 1. The van der Waals surface area contributed by atoms with Gasteiger partial charge in [0, 0.05) is 50.0 Å². The van der Waals surface area contributed by atoms with Crippen LogP contribution in [0.25, 0.3) is 0 Å². The highest BCUT2D eigenvalue weighted by Gasteiger charge is 2.14. The second kappa shape index (κ2) is 8.22. The molecule has 0 spiro atoms. The number of nitrogens with one attached hydrogen (secondary N) is 2. The van der Waals surface area contributed by atoms with Crippen LogP contribution >= 0.6 is 11.6 Å². The molecule has 0 unspecified atom stereocenters. The molecule has 0 bridgehead atoms.